The molecular weight excluding hydrogens is 597 g/mol. The van der Waals surface area contributed by atoms with E-state index in [0.29, 0.717) is 5.95 Å². The van der Waals surface area contributed by atoms with Gasteiger partial charge in [-0.3, -0.25) is 4.57 Å². The van der Waals surface area contributed by atoms with Crippen molar-refractivity contribution >= 4 is 81.6 Å². The third-order valence-corrected chi connectivity index (χ3v) is 11.4. The second-order valence-electron chi connectivity index (χ2n) is 14.2. The summed E-state index contributed by atoms with van der Waals surface area (Å²) in [6, 6.07) is 48.7. The zero-order valence-electron chi connectivity index (χ0n) is 27.0. The van der Waals surface area contributed by atoms with Crippen molar-refractivity contribution in [3.63, 3.8) is 0 Å². The van der Waals surface area contributed by atoms with Crippen molar-refractivity contribution in [2.75, 3.05) is 0 Å². The van der Waals surface area contributed by atoms with Crippen LogP contribution in [0, 0.1) is 0 Å². The molecule has 0 atom stereocenters. The first-order valence-electron chi connectivity index (χ1n) is 17.0. The van der Waals surface area contributed by atoms with Gasteiger partial charge in [-0.05, 0) is 52.2 Å². The maximum absolute atomic E-state index is 5.55. The molecule has 4 heteroatoms. The number of hydrogen-bond donors (Lipinski definition) is 0. The second kappa shape index (κ2) is 8.60. The highest BCUT2D eigenvalue weighted by Crippen LogP contribution is 2.50. The van der Waals surface area contributed by atoms with Gasteiger partial charge in [0.15, 0.2) is 0 Å². The van der Waals surface area contributed by atoms with E-state index in [4.69, 9.17) is 9.97 Å². The van der Waals surface area contributed by atoms with E-state index in [1.807, 2.05) is 0 Å². The van der Waals surface area contributed by atoms with Crippen LogP contribution in [0.2, 0.25) is 0 Å². The molecule has 0 radical (unpaired) electrons. The average Bonchev–Trinajstić information content (AvgIpc) is 3.78. The summed E-state index contributed by atoms with van der Waals surface area (Å²) in [4.78, 5) is 11.0. The summed E-state index contributed by atoms with van der Waals surface area (Å²) in [7, 11) is 0. The Balaban J connectivity index is 1.35. The van der Waals surface area contributed by atoms with Gasteiger partial charge in [0.1, 0.15) is 0 Å². The molecule has 0 saturated carbocycles. The van der Waals surface area contributed by atoms with E-state index >= 15 is 0 Å². The summed E-state index contributed by atoms with van der Waals surface area (Å²) in [5.41, 5.74) is 11.6. The Hall–Kier alpha value is -6.26. The highest BCUT2D eigenvalue weighted by atomic mass is 15.2. The minimum atomic E-state index is -0.156. The van der Waals surface area contributed by atoms with Crippen molar-refractivity contribution in [1.29, 1.82) is 0 Å². The maximum atomic E-state index is 5.55. The summed E-state index contributed by atoms with van der Waals surface area (Å²) in [6.45, 7) is 4.64. The van der Waals surface area contributed by atoms with Crippen LogP contribution in [0.3, 0.4) is 0 Å². The number of benzene rings is 7. The molecule has 1 aliphatic carbocycles. The van der Waals surface area contributed by atoms with E-state index in [1.54, 1.807) is 0 Å². The first-order chi connectivity index (χ1) is 24.1. The average molecular weight is 625 g/mol. The molecule has 4 aromatic heterocycles. The molecule has 0 aliphatic heterocycles. The molecule has 7 aromatic carbocycles. The molecule has 4 nitrogen and oxygen atoms in total. The molecule has 228 valence electrons. The van der Waals surface area contributed by atoms with Gasteiger partial charge in [-0.15, -0.1) is 0 Å². The van der Waals surface area contributed by atoms with Gasteiger partial charge in [-0.1, -0.05) is 117 Å². The van der Waals surface area contributed by atoms with Crippen LogP contribution >= 0.6 is 0 Å². The van der Waals surface area contributed by atoms with Crippen molar-refractivity contribution in [3.8, 4) is 17.2 Å². The molecule has 11 aromatic rings. The van der Waals surface area contributed by atoms with Gasteiger partial charge < -0.3 is 4.40 Å². The minimum Gasteiger partial charge on any atom is -0.308 e. The van der Waals surface area contributed by atoms with Crippen molar-refractivity contribution in [2.45, 2.75) is 19.3 Å². The molecule has 1 aliphatic rings. The third kappa shape index (κ3) is 2.98. The molecule has 0 unspecified atom stereocenters. The lowest BCUT2D eigenvalue weighted by atomic mass is 9.70. The minimum absolute atomic E-state index is 0.156. The Morgan fingerprint density at radius 3 is 2.08 bits per heavy atom. The van der Waals surface area contributed by atoms with Crippen LogP contribution in [-0.2, 0) is 5.41 Å². The lowest BCUT2D eigenvalue weighted by molar-refractivity contribution is 0.643. The molecule has 0 spiro atoms. The summed E-state index contributed by atoms with van der Waals surface area (Å²) in [6.07, 6.45) is 0. The van der Waals surface area contributed by atoms with Crippen LogP contribution < -0.4 is 0 Å². The number of rotatable bonds is 1. The fourth-order valence-electron chi connectivity index (χ4n) is 9.36. The zero-order chi connectivity index (χ0) is 32.2. The van der Waals surface area contributed by atoms with Gasteiger partial charge in [0.25, 0.3) is 0 Å². The molecular formula is C45H28N4. The summed E-state index contributed by atoms with van der Waals surface area (Å²) >= 11 is 0. The third-order valence-electron chi connectivity index (χ3n) is 11.4. The van der Waals surface area contributed by atoms with Crippen molar-refractivity contribution in [3.05, 3.63) is 145 Å². The standard InChI is InChI=1S/C45H28N4/c1-45(2)31-17-8-5-15-28(31)42-40-32(45)18-11-19-33(40)46-44(47-42)49-36-23-22-25-12-3-4-13-26(25)38(36)41-37(49)24-30-27-14-6-9-20-34(27)48-35-21-10-7-16-29(35)39(41)43(30)48/h3-24H,1-2H3. The summed E-state index contributed by atoms with van der Waals surface area (Å²) < 4.78 is 4.81. The largest absolute Gasteiger partial charge is 0.308 e. The number of aromatic nitrogens is 4. The lowest BCUT2D eigenvalue weighted by Crippen LogP contribution is -2.24. The molecule has 12 rings (SSSR count). The van der Waals surface area contributed by atoms with Gasteiger partial charge in [0.05, 0.1) is 38.8 Å². The van der Waals surface area contributed by atoms with Gasteiger partial charge >= 0.3 is 0 Å². The zero-order valence-corrected chi connectivity index (χ0v) is 27.0. The predicted molar refractivity (Wildman–Crippen MR) is 204 cm³/mol. The Bertz CT molecular complexity index is 3250. The van der Waals surface area contributed by atoms with Crippen LogP contribution in [-0.4, -0.2) is 18.9 Å². The van der Waals surface area contributed by atoms with E-state index in [1.165, 1.54) is 76.3 Å². The van der Waals surface area contributed by atoms with E-state index in [-0.39, 0.29) is 5.41 Å². The van der Waals surface area contributed by atoms with Crippen LogP contribution in [0.5, 0.6) is 0 Å². The number of nitrogens with zero attached hydrogens (tertiary/aromatic N) is 4. The smallest absolute Gasteiger partial charge is 0.235 e. The SMILES string of the molecule is CC1(C)c2ccccc2-c2nc(-n3c4ccc5ccccc5c4c4c5c6ccccc6n6c7ccccc7c(cc43)c56)nc3cccc1c23. The monoisotopic (exact) mass is 624 g/mol. The van der Waals surface area contributed by atoms with Gasteiger partial charge in [-0.2, -0.15) is 0 Å². The second-order valence-corrected chi connectivity index (χ2v) is 14.2. The topological polar surface area (TPSA) is 35.1 Å². The molecule has 0 fully saturated rings. The van der Waals surface area contributed by atoms with E-state index < -0.39 is 0 Å². The van der Waals surface area contributed by atoms with Gasteiger partial charge in [0.2, 0.25) is 5.95 Å². The normalized spacial score (nSPS) is 14.1. The molecule has 0 amide bonds. The van der Waals surface area contributed by atoms with E-state index in [2.05, 4.69) is 156 Å². The number of para-hydroxylation sites is 2. The Labute approximate surface area is 280 Å². The summed E-state index contributed by atoms with van der Waals surface area (Å²) in [5.74, 6) is 0.700. The molecule has 4 heterocycles. The van der Waals surface area contributed by atoms with E-state index in [0.717, 1.165) is 27.6 Å². The van der Waals surface area contributed by atoms with Crippen molar-refractivity contribution in [2.24, 2.45) is 0 Å². The van der Waals surface area contributed by atoms with Gasteiger partial charge in [-0.25, -0.2) is 9.97 Å². The van der Waals surface area contributed by atoms with Crippen LogP contribution in [0.4, 0.5) is 0 Å². The fraction of sp³-hybridized carbons (Fsp3) is 0.0667. The van der Waals surface area contributed by atoms with Crippen molar-refractivity contribution < 1.29 is 0 Å². The Morgan fingerprint density at radius 2 is 1.20 bits per heavy atom. The highest BCUT2D eigenvalue weighted by molar-refractivity contribution is 6.38. The number of fused-ring (bicyclic) bond motifs is 14. The Kier molecular flexibility index (Phi) is 4.53. The molecule has 49 heavy (non-hydrogen) atoms. The molecule has 0 N–H and O–H groups in total. The quantitative estimate of drug-likeness (QED) is 0.182. The van der Waals surface area contributed by atoms with Gasteiger partial charge in [0, 0.05) is 48.7 Å². The fourth-order valence-corrected chi connectivity index (χ4v) is 9.36. The Morgan fingerprint density at radius 1 is 0.490 bits per heavy atom. The van der Waals surface area contributed by atoms with Crippen LogP contribution in [0.25, 0.3) is 98.8 Å². The number of hydrogen-bond acceptors (Lipinski definition) is 2. The first kappa shape index (κ1) is 25.8. The van der Waals surface area contributed by atoms with Crippen molar-refractivity contribution in [1.82, 2.24) is 18.9 Å². The molecule has 0 saturated heterocycles. The summed E-state index contributed by atoms with van der Waals surface area (Å²) in [5, 5.41) is 11.2. The molecule has 0 bridgehead atoms. The van der Waals surface area contributed by atoms with Crippen LogP contribution in [0.1, 0.15) is 25.0 Å². The maximum Gasteiger partial charge on any atom is 0.235 e. The highest BCUT2D eigenvalue weighted by Gasteiger charge is 2.35. The lowest BCUT2D eigenvalue weighted by Gasteiger charge is -2.34. The first-order valence-corrected chi connectivity index (χ1v) is 17.0. The van der Waals surface area contributed by atoms with Crippen LogP contribution in [0.15, 0.2) is 133 Å². The van der Waals surface area contributed by atoms with E-state index in [9.17, 15) is 0 Å². The predicted octanol–water partition coefficient (Wildman–Crippen LogP) is 11.3.